The molecule has 4 nitrogen and oxygen atoms in total. The van der Waals surface area contributed by atoms with Crippen molar-refractivity contribution in [1.82, 2.24) is 5.01 Å². The van der Waals surface area contributed by atoms with E-state index in [1.165, 1.54) is 0 Å². The number of carbonyl (C=O) groups excluding carboxylic acids is 1. The minimum atomic E-state index is 0.115. The Hall–Kier alpha value is -2.79. The lowest BCUT2D eigenvalue weighted by molar-refractivity contribution is -0.130. The van der Waals surface area contributed by atoms with Gasteiger partial charge in [0.2, 0.25) is 5.91 Å². The number of ether oxygens (including phenoxy) is 1. The van der Waals surface area contributed by atoms with Gasteiger partial charge in [-0.3, -0.25) is 14.8 Å². The summed E-state index contributed by atoms with van der Waals surface area (Å²) in [7, 11) is 0. The van der Waals surface area contributed by atoms with Crippen LogP contribution in [0.25, 0.3) is 0 Å². The first-order valence-electron chi connectivity index (χ1n) is 9.20. The number of hydrazine groups is 1. The Morgan fingerprint density at radius 2 is 1.85 bits per heavy atom. The van der Waals surface area contributed by atoms with Crippen LogP contribution in [-0.2, 0) is 11.2 Å². The fraction of sp³-hybridized carbons (Fsp3) is 0.227. The molecule has 136 valence electrons. The first kappa shape index (κ1) is 16.4. The first-order valence-corrected chi connectivity index (χ1v) is 10.1. The number of carbonyl (C=O) groups is 1. The van der Waals surface area contributed by atoms with Gasteiger partial charge in [0.15, 0.2) is 0 Å². The number of anilines is 1. The Morgan fingerprint density at radius 1 is 1.04 bits per heavy atom. The lowest BCUT2D eigenvalue weighted by Crippen LogP contribution is -2.43. The maximum absolute atomic E-state index is 13.2. The zero-order valence-electron chi connectivity index (χ0n) is 14.8. The lowest BCUT2D eigenvalue weighted by Gasteiger charge is -2.37. The molecule has 5 heteroatoms. The van der Waals surface area contributed by atoms with Gasteiger partial charge >= 0.3 is 0 Å². The van der Waals surface area contributed by atoms with Crippen molar-refractivity contribution in [2.75, 3.05) is 18.2 Å². The van der Waals surface area contributed by atoms with E-state index in [1.54, 1.807) is 11.3 Å². The molecule has 3 heterocycles. The molecule has 1 fully saturated rings. The zero-order valence-corrected chi connectivity index (χ0v) is 15.6. The van der Waals surface area contributed by atoms with E-state index in [-0.39, 0.29) is 17.9 Å². The Labute approximate surface area is 162 Å². The highest BCUT2D eigenvalue weighted by molar-refractivity contribution is 7.10. The number of hydrogen-bond acceptors (Lipinski definition) is 4. The smallest absolute Gasteiger partial charge is 0.246 e. The molecule has 3 aromatic rings. The monoisotopic (exact) mass is 376 g/mol. The van der Waals surface area contributed by atoms with Gasteiger partial charge in [-0.05, 0) is 29.6 Å². The van der Waals surface area contributed by atoms with E-state index in [9.17, 15) is 4.79 Å². The number of nitrogens with zero attached hydrogens (tertiary/aromatic N) is 2. The SMILES string of the molecule is O=C(Cc1cccs1)N1C[C@@H]2COc3ccccc3[C@@H]2N1c1ccccc1. The van der Waals surface area contributed by atoms with Gasteiger partial charge in [0, 0.05) is 16.4 Å². The second kappa shape index (κ2) is 6.74. The van der Waals surface area contributed by atoms with Crippen LogP contribution >= 0.6 is 11.3 Å². The van der Waals surface area contributed by atoms with Crippen molar-refractivity contribution in [3.8, 4) is 5.75 Å². The Morgan fingerprint density at radius 3 is 2.67 bits per heavy atom. The topological polar surface area (TPSA) is 32.8 Å². The van der Waals surface area contributed by atoms with E-state index in [0.717, 1.165) is 21.9 Å². The van der Waals surface area contributed by atoms with Crippen LogP contribution in [0, 0.1) is 5.92 Å². The molecule has 5 rings (SSSR count). The van der Waals surface area contributed by atoms with Gasteiger partial charge in [0.1, 0.15) is 5.75 Å². The van der Waals surface area contributed by atoms with Gasteiger partial charge in [0.25, 0.3) is 0 Å². The van der Waals surface area contributed by atoms with Gasteiger partial charge in [-0.15, -0.1) is 11.3 Å². The standard InChI is InChI=1S/C22H20N2O2S/c25-21(13-18-9-6-12-27-18)23-14-16-15-26-20-11-5-4-10-19(20)22(16)24(23)17-7-2-1-3-8-17/h1-12,16,22H,13-15H2/t16-,22-/m1/s1. The summed E-state index contributed by atoms with van der Waals surface area (Å²) in [6.07, 6.45) is 0.433. The van der Waals surface area contributed by atoms with Crippen LogP contribution in [0.5, 0.6) is 5.75 Å². The van der Waals surface area contributed by atoms with E-state index in [2.05, 4.69) is 23.2 Å². The summed E-state index contributed by atoms with van der Waals surface area (Å²) in [6, 6.07) is 22.5. The van der Waals surface area contributed by atoms with Gasteiger partial charge in [-0.25, -0.2) is 0 Å². The van der Waals surface area contributed by atoms with E-state index in [4.69, 9.17) is 4.74 Å². The fourth-order valence-electron chi connectivity index (χ4n) is 4.10. The fourth-order valence-corrected chi connectivity index (χ4v) is 4.79. The van der Waals surface area contributed by atoms with Crippen LogP contribution in [0.4, 0.5) is 5.69 Å². The average molecular weight is 376 g/mol. The number of para-hydroxylation sites is 2. The molecule has 1 aromatic heterocycles. The average Bonchev–Trinajstić information content (AvgIpc) is 3.36. The minimum absolute atomic E-state index is 0.115. The van der Waals surface area contributed by atoms with Crippen molar-refractivity contribution in [3.05, 3.63) is 82.6 Å². The molecule has 2 aromatic carbocycles. The summed E-state index contributed by atoms with van der Waals surface area (Å²) in [5.74, 6) is 1.31. The van der Waals surface area contributed by atoms with Crippen molar-refractivity contribution < 1.29 is 9.53 Å². The highest BCUT2D eigenvalue weighted by Crippen LogP contribution is 2.46. The molecular formula is C22H20N2O2S. The molecule has 1 amide bonds. The van der Waals surface area contributed by atoms with Crippen LogP contribution in [0.15, 0.2) is 72.1 Å². The second-order valence-electron chi connectivity index (χ2n) is 6.97. The molecule has 0 aliphatic carbocycles. The number of thiophene rings is 1. The van der Waals surface area contributed by atoms with E-state index in [0.29, 0.717) is 19.6 Å². The van der Waals surface area contributed by atoms with Crippen LogP contribution in [0.3, 0.4) is 0 Å². The third-order valence-corrected chi connectivity index (χ3v) is 6.16. The third-order valence-electron chi connectivity index (χ3n) is 5.28. The summed E-state index contributed by atoms with van der Waals surface area (Å²) < 4.78 is 5.99. The van der Waals surface area contributed by atoms with Gasteiger partial charge < -0.3 is 4.74 Å². The molecule has 27 heavy (non-hydrogen) atoms. The maximum Gasteiger partial charge on any atom is 0.246 e. The Bertz CT molecular complexity index is 942. The maximum atomic E-state index is 13.2. The van der Waals surface area contributed by atoms with E-state index in [1.807, 2.05) is 58.9 Å². The molecule has 2 aliphatic rings. The quantitative estimate of drug-likeness (QED) is 0.683. The molecule has 1 saturated heterocycles. The highest BCUT2D eigenvalue weighted by atomic mass is 32.1. The molecule has 0 N–H and O–H groups in total. The van der Waals surface area contributed by atoms with E-state index >= 15 is 0 Å². The lowest BCUT2D eigenvalue weighted by atomic mass is 9.91. The predicted octanol–water partition coefficient (Wildman–Crippen LogP) is 4.30. The van der Waals surface area contributed by atoms with Crippen LogP contribution < -0.4 is 9.75 Å². The molecule has 2 aliphatic heterocycles. The third kappa shape index (κ3) is 2.88. The van der Waals surface area contributed by atoms with Crippen LogP contribution in [0.1, 0.15) is 16.5 Å². The number of benzene rings is 2. The van der Waals surface area contributed by atoms with Crippen LogP contribution in [0.2, 0.25) is 0 Å². The first-order chi connectivity index (χ1) is 13.3. The number of fused-ring (bicyclic) bond motifs is 3. The normalized spacial score (nSPS) is 20.7. The van der Waals surface area contributed by atoms with Gasteiger partial charge in [-0.2, -0.15) is 0 Å². The van der Waals surface area contributed by atoms with Crippen LogP contribution in [-0.4, -0.2) is 24.1 Å². The molecule has 0 saturated carbocycles. The predicted molar refractivity (Wildman–Crippen MR) is 107 cm³/mol. The highest BCUT2D eigenvalue weighted by Gasteiger charge is 2.46. The summed E-state index contributed by atoms with van der Waals surface area (Å²) >= 11 is 1.63. The summed E-state index contributed by atoms with van der Waals surface area (Å²) in [5.41, 5.74) is 2.20. The number of amides is 1. The van der Waals surface area contributed by atoms with Crippen molar-refractivity contribution in [2.45, 2.75) is 12.5 Å². The summed E-state index contributed by atoms with van der Waals surface area (Å²) in [4.78, 5) is 14.3. The Balaban J connectivity index is 1.55. The van der Waals surface area contributed by atoms with Gasteiger partial charge in [-0.1, -0.05) is 42.5 Å². The summed E-state index contributed by atoms with van der Waals surface area (Å²) in [6.45, 7) is 1.31. The number of rotatable bonds is 3. The molecule has 0 radical (unpaired) electrons. The summed E-state index contributed by atoms with van der Waals surface area (Å²) in [5, 5.41) is 6.13. The zero-order chi connectivity index (χ0) is 18.2. The molecular weight excluding hydrogens is 356 g/mol. The van der Waals surface area contributed by atoms with Crippen molar-refractivity contribution >= 4 is 22.9 Å². The molecule has 0 spiro atoms. The molecule has 0 unspecified atom stereocenters. The molecule has 0 bridgehead atoms. The van der Waals surface area contributed by atoms with Gasteiger partial charge in [0.05, 0.1) is 31.3 Å². The van der Waals surface area contributed by atoms with E-state index < -0.39 is 0 Å². The largest absolute Gasteiger partial charge is 0.493 e. The number of hydrogen-bond donors (Lipinski definition) is 0. The molecule has 2 atom stereocenters. The Kier molecular flexibility index (Phi) is 4.09. The minimum Gasteiger partial charge on any atom is -0.493 e. The van der Waals surface area contributed by atoms with Crippen molar-refractivity contribution in [2.24, 2.45) is 5.92 Å². The van der Waals surface area contributed by atoms with Crippen molar-refractivity contribution in [3.63, 3.8) is 0 Å². The van der Waals surface area contributed by atoms with Crippen molar-refractivity contribution in [1.29, 1.82) is 0 Å². The second-order valence-corrected chi connectivity index (χ2v) is 8.00.